The molecular formula is C22H28FN3O3S. The molecule has 6 nitrogen and oxygen atoms in total. The van der Waals surface area contributed by atoms with Gasteiger partial charge in [-0.05, 0) is 57.2 Å². The van der Waals surface area contributed by atoms with Crippen molar-refractivity contribution in [3.05, 3.63) is 59.9 Å². The van der Waals surface area contributed by atoms with Crippen molar-refractivity contribution in [1.29, 1.82) is 0 Å². The molecule has 162 valence electrons. The van der Waals surface area contributed by atoms with Crippen molar-refractivity contribution in [2.24, 2.45) is 0 Å². The van der Waals surface area contributed by atoms with E-state index >= 15 is 0 Å². The van der Waals surface area contributed by atoms with Crippen LogP contribution in [-0.4, -0.2) is 62.3 Å². The molecule has 0 aliphatic carbocycles. The van der Waals surface area contributed by atoms with Crippen LogP contribution in [0.25, 0.3) is 0 Å². The van der Waals surface area contributed by atoms with Gasteiger partial charge in [-0.15, -0.1) is 0 Å². The van der Waals surface area contributed by atoms with Crippen LogP contribution in [0.1, 0.15) is 19.4 Å². The normalized spacial score (nSPS) is 15.4. The van der Waals surface area contributed by atoms with Crippen LogP contribution in [0.5, 0.6) is 0 Å². The first-order valence-corrected chi connectivity index (χ1v) is 11.5. The van der Waals surface area contributed by atoms with Gasteiger partial charge in [-0.25, -0.2) is 12.8 Å². The van der Waals surface area contributed by atoms with E-state index in [1.807, 2.05) is 49.9 Å². The van der Waals surface area contributed by atoms with Gasteiger partial charge in [0.15, 0.2) is 0 Å². The fourth-order valence-electron chi connectivity index (χ4n) is 3.49. The Bertz CT molecular complexity index is 968. The lowest BCUT2D eigenvalue weighted by Crippen LogP contribution is -2.53. The highest BCUT2D eigenvalue weighted by molar-refractivity contribution is 7.89. The van der Waals surface area contributed by atoms with E-state index in [1.54, 1.807) is 4.90 Å². The third-order valence-electron chi connectivity index (χ3n) is 5.34. The number of piperazine rings is 1. The van der Waals surface area contributed by atoms with E-state index in [0.29, 0.717) is 13.1 Å². The second-order valence-corrected chi connectivity index (χ2v) is 9.73. The summed E-state index contributed by atoms with van der Waals surface area (Å²) in [5.74, 6) is -0.504. The molecule has 2 aromatic rings. The van der Waals surface area contributed by atoms with Crippen molar-refractivity contribution < 1.29 is 17.6 Å². The Morgan fingerprint density at radius 3 is 2.10 bits per heavy atom. The first-order valence-electron chi connectivity index (χ1n) is 10.1. The fourth-order valence-corrected chi connectivity index (χ4v) is 4.91. The highest BCUT2D eigenvalue weighted by Crippen LogP contribution is 2.20. The average molecular weight is 434 g/mol. The molecule has 0 bridgehead atoms. The van der Waals surface area contributed by atoms with Crippen LogP contribution >= 0.6 is 0 Å². The maximum Gasteiger partial charge on any atom is 0.243 e. The minimum atomic E-state index is -3.69. The van der Waals surface area contributed by atoms with E-state index in [9.17, 15) is 17.6 Å². The van der Waals surface area contributed by atoms with Crippen molar-refractivity contribution >= 4 is 21.6 Å². The minimum Gasteiger partial charge on any atom is -0.360 e. The number of amides is 1. The van der Waals surface area contributed by atoms with Crippen LogP contribution in [0, 0.1) is 12.7 Å². The highest BCUT2D eigenvalue weighted by Gasteiger charge is 2.30. The maximum absolute atomic E-state index is 13.1. The van der Waals surface area contributed by atoms with Gasteiger partial charge in [-0.3, -0.25) is 4.79 Å². The average Bonchev–Trinajstić information content (AvgIpc) is 2.73. The smallest absolute Gasteiger partial charge is 0.243 e. The molecule has 1 amide bonds. The van der Waals surface area contributed by atoms with E-state index < -0.39 is 15.8 Å². The molecule has 0 radical (unpaired) electrons. The van der Waals surface area contributed by atoms with Gasteiger partial charge < -0.3 is 9.80 Å². The van der Waals surface area contributed by atoms with E-state index in [1.165, 1.54) is 16.4 Å². The monoisotopic (exact) mass is 433 g/mol. The van der Waals surface area contributed by atoms with Crippen LogP contribution in [0.4, 0.5) is 10.1 Å². The number of aryl methyl sites for hydroxylation is 1. The number of sulfonamides is 1. The number of carbonyl (C=O) groups excluding carboxylic acids is 1. The first kappa shape index (κ1) is 22.2. The van der Waals surface area contributed by atoms with Gasteiger partial charge >= 0.3 is 0 Å². The van der Waals surface area contributed by atoms with E-state index in [0.717, 1.165) is 23.4 Å². The second-order valence-electron chi connectivity index (χ2n) is 7.80. The number of rotatable bonds is 6. The quantitative estimate of drug-likeness (QED) is 0.703. The summed E-state index contributed by atoms with van der Waals surface area (Å²) in [5, 5.41) is 0. The third-order valence-corrected chi connectivity index (χ3v) is 7.25. The summed E-state index contributed by atoms with van der Waals surface area (Å²) in [6.45, 7) is 7.45. The number of nitrogens with zero attached hydrogens (tertiary/aromatic N) is 3. The van der Waals surface area contributed by atoms with Gasteiger partial charge in [0.05, 0.1) is 11.4 Å². The van der Waals surface area contributed by atoms with Crippen molar-refractivity contribution in [3.63, 3.8) is 0 Å². The zero-order valence-corrected chi connectivity index (χ0v) is 18.4. The zero-order valence-electron chi connectivity index (χ0n) is 17.6. The summed E-state index contributed by atoms with van der Waals surface area (Å²) in [7, 11) is -3.69. The summed E-state index contributed by atoms with van der Waals surface area (Å²) < 4.78 is 39.9. The molecule has 30 heavy (non-hydrogen) atoms. The van der Waals surface area contributed by atoms with Gasteiger partial charge in [-0.1, -0.05) is 17.7 Å². The number of anilines is 1. The molecule has 0 atom stereocenters. The number of halogens is 1. The SMILES string of the molecule is Cc1ccc(N(CC(=O)N2CCN(S(=O)(=O)c3ccc(F)cc3)CC2)C(C)C)cc1. The van der Waals surface area contributed by atoms with Crippen molar-refractivity contribution in [2.75, 3.05) is 37.6 Å². The molecule has 8 heteroatoms. The van der Waals surface area contributed by atoms with Crippen molar-refractivity contribution in [2.45, 2.75) is 31.7 Å². The Morgan fingerprint density at radius 2 is 1.57 bits per heavy atom. The van der Waals surface area contributed by atoms with E-state index in [2.05, 4.69) is 0 Å². The molecule has 3 rings (SSSR count). The molecule has 0 N–H and O–H groups in total. The van der Waals surface area contributed by atoms with Crippen LogP contribution in [0.15, 0.2) is 53.4 Å². The molecule has 2 aromatic carbocycles. The summed E-state index contributed by atoms with van der Waals surface area (Å²) in [6, 6.07) is 13.0. The van der Waals surface area contributed by atoms with Crippen LogP contribution in [0.3, 0.4) is 0 Å². The molecule has 0 spiro atoms. The predicted octanol–water partition coefficient (Wildman–Crippen LogP) is 2.88. The van der Waals surface area contributed by atoms with Gasteiger partial charge in [0, 0.05) is 37.9 Å². The molecule has 1 aliphatic heterocycles. The fraction of sp³-hybridized carbons (Fsp3) is 0.409. The minimum absolute atomic E-state index is 0.0249. The van der Waals surface area contributed by atoms with Crippen LogP contribution in [0.2, 0.25) is 0 Å². The third kappa shape index (κ3) is 4.99. The first-order chi connectivity index (χ1) is 14.2. The maximum atomic E-state index is 13.1. The van der Waals surface area contributed by atoms with Crippen molar-refractivity contribution in [1.82, 2.24) is 9.21 Å². The lowest BCUT2D eigenvalue weighted by atomic mass is 10.2. The summed E-state index contributed by atoms with van der Waals surface area (Å²) in [6.07, 6.45) is 0. The van der Waals surface area contributed by atoms with Gasteiger partial charge in [-0.2, -0.15) is 4.31 Å². The topological polar surface area (TPSA) is 60.9 Å². The number of hydrogen-bond donors (Lipinski definition) is 0. The Hall–Kier alpha value is -2.45. The second kappa shape index (κ2) is 9.14. The number of hydrogen-bond acceptors (Lipinski definition) is 4. The molecule has 0 unspecified atom stereocenters. The summed E-state index contributed by atoms with van der Waals surface area (Å²) in [4.78, 5) is 16.7. The predicted molar refractivity (Wildman–Crippen MR) is 115 cm³/mol. The Morgan fingerprint density at radius 1 is 1.00 bits per heavy atom. The van der Waals surface area contributed by atoms with Gasteiger partial charge in [0.2, 0.25) is 15.9 Å². The standard InChI is InChI=1S/C22H28FN3O3S/c1-17(2)26(20-8-4-18(3)5-9-20)16-22(27)24-12-14-25(15-13-24)30(28,29)21-10-6-19(23)7-11-21/h4-11,17H,12-16H2,1-3H3. The van der Waals surface area contributed by atoms with Crippen molar-refractivity contribution in [3.8, 4) is 0 Å². The molecule has 1 saturated heterocycles. The molecular weight excluding hydrogens is 405 g/mol. The van der Waals surface area contributed by atoms with E-state index in [-0.39, 0.29) is 36.5 Å². The van der Waals surface area contributed by atoms with Gasteiger partial charge in [0.25, 0.3) is 0 Å². The molecule has 1 aliphatic rings. The zero-order chi connectivity index (χ0) is 21.9. The van der Waals surface area contributed by atoms with Crippen LogP contribution in [-0.2, 0) is 14.8 Å². The lowest BCUT2D eigenvalue weighted by molar-refractivity contribution is -0.130. The van der Waals surface area contributed by atoms with Crippen LogP contribution < -0.4 is 4.90 Å². The number of carbonyl (C=O) groups is 1. The Labute approximate surface area is 177 Å². The number of benzene rings is 2. The molecule has 1 heterocycles. The highest BCUT2D eigenvalue weighted by atomic mass is 32.2. The molecule has 1 fully saturated rings. The van der Waals surface area contributed by atoms with Gasteiger partial charge in [0.1, 0.15) is 5.82 Å². The van der Waals surface area contributed by atoms with E-state index in [4.69, 9.17) is 0 Å². The Kier molecular flexibility index (Phi) is 6.77. The Balaban J connectivity index is 1.63. The molecule has 0 saturated carbocycles. The molecule has 0 aromatic heterocycles. The lowest BCUT2D eigenvalue weighted by Gasteiger charge is -2.36. The summed E-state index contributed by atoms with van der Waals surface area (Å²) >= 11 is 0. The summed E-state index contributed by atoms with van der Waals surface area (Å²) in [5.41, 5.74) is 2.15. The largest absolute Gasteiger partial charge is 0.360 e.